The first-order valence-corrected chi connectivity index (χ1v) is 7.50. The van der Waals surface area contributed by atoms with Crippen LogP contribution in [-0.2, 0) is 0 Å². The molecule has 0 aliphatic carbocycles. The molecule has 4 rings (SSSR count). The molecule has 0 radical (unpaired) electrons. The van der Waals surface area contributed by atoms with Gasteiger partial charge in [0, 0.05) is 0 Å². The highest BCUT2D eigenvalue weighted by Gasteiger charge is 2.19. The topological polar surface area (TPSA) is 82.8 Å². The van der Waals surface area contributed by atoms with Gasteiger partial charge >= 0.3 is 0 Å². The summed E-state index contributed by atoms with van der Waals surface area (Å²) in [6.45, 7) is 6.03. The van der Waals surface area contributed by atoms with Crippen LogP contribution in [0.15, 0.2) is 45.4 Å². The molecule has 0 saturated heterocycles. The molecule has 0 aliphatic heterocycles. The number of hydrogen-bond acceptors (Lipinski definition) is 6. The summed E-state index contributed by atoms with van der Waals surface area (Å²) in [5.74, 6) is 1.15. The molecule has 0 bridgehead atoms. The monoisotopic (exact) mass is 321 g/mol. The molecule has 7 nitrogen and oxygen atoms in total. The van der Waals surface area contributed by atoms with Crippen molar-refractivity contribution in [2.24, 2.45) is 0 Å². The third-order valence-electron chi connectivity index (χ3n) is 3.71. The number of rotatable bonds is 3. The minimum atomic E-state index is 0.314. The van der Waals surface area contributed by atoms with E-state index in [2.05, 4.69) is 52.6 Å². The highest BCUT2D eigenvalue weighted by molar-refractivity contribution is 5.54. The molecule has 0 N–H and O–H groups in total. The van der Waals surface area contributed by atoms with Crippen LogP contribution >= 0.6 is 0 Å². The molecule has 3 heterocycles. The molecule has 0 unspecified atom stereocenters. The first-order chi connectivity index (χ1) is 11.6. The highest BCUT2D eigenvalue weighted by Crippen LogP contribution is 2.26. The van der Waals surface area contributed by atoms with E-state index >= 15 is 0 Å². The zero-order chi connectivity index (χ0) is 16.7. The van der Waals surface area contributed by atoms with Crippen molar-refractivity contribution >= 4 is 0 Å². The number of aryl methyl sites for hydroxylation is 2. The van der Waals surface area contributed by atoms with Gasteiger partial charge in [-0.2, -0.15) is 0 Å². The third-order valence-corrected chi connectivity index (χ3v) is 3.71. The molecule has 3 aromatic heterocycles. The minimum Gasteiger partial charge on any atom is -0.459 e. The van der Waals surface area contributed by atoms with Crippen LogP contribution in [0.4, 0.5) is 0 Å². The summed E-state index contributed by atoms with van der Waals surface area (Å²) in [4.78, 5) is 0. The lowest BCUT2D eigenvalue weighted by Crippen LogP contribution is -2.00. The number of hydrogen-bond donors (Lipinski definition) is 0. The van der Waals surface area contributed by atoms with Gasteiger partial charge in [-0.05, 0) is 56.2 Å². The van der Waals surface area contributed by atoms with E-state index in [0.717, 1.165) is 11.4 Å². The number of benzene rings is 1. The van der Waals surface area contributed by atoms with Gasteiger partial charge in [0.15, 0.2) is 11.5 Å². The van der Waals surface area contributed by atoms with Gasteiger partial charge in [0.1, 0.15) is 0 Å². The second-order valence-electron chi connectivity index (χ2n) is 5.67. The van der Waals surface area contributed by atoms with E-state index in [-0.39, 0.29) is 0 Å². The summed E-state index contributed by atoms with van der Waals surface area (Å²) in [6, 6.07) is 9.75. The van der Waals surface area contributed by atoms with E-state index in [9.17, 15) is 0 Å². The lowest BCUT2D eigenvalue weighted by molar-refractivity contribution is 0.522. The summed E-state index contributed by atoms with van der Waals surface area (Å²) in [6.07, 6.45) is 1.56. The average Bonchev–Trinajstić information content (AvgIpc) is 3.26. The highest BCUT2D eigenvalue weighted by atomic mass is 16.4. The van der Waals surface area contributed by atoms with Gasteiger partial charge in [-0.15, -0.1) is 15.3 Å². The van der Waals surface area contributed by atoms with Crippen LogP contribution in [0.3, 0.4) is 0 Å². The molecular weight excluding hydrogens is 306 g/mol. The van der Waals surface area contributed by atoms with Gasteiger partial charge in [-0.25, -0.2) is 4.68 Å². The third kappa shape index (κ3) is 2.40. The molecule has 0 aliphatic rings. The Bertz CT molecular complexity index is 978. The summed E-state index contributed by atoms with van der Waals surface area (Å²) < 4.78 is 12.7. The van der Waals surface area contributed by atoms with Crippen LogP contribution in [0.2, 0.25) is 0 Å². The Balaban J connectivity index is 1.75. The van der Waals surface area contributed by atoms with Gasteiger partial charge in [0.05, 0.1) is 17.6 Å². The Morgan fingerprint density at radius 2 is 1.67 bits per heavy atom. The molecule has 0 amide bonds. The van der Waals surface area contributed by atoms with Crippen LogP contribution in [0.1, 0.15) is 16.8 Å². The Morgan fingerprint density at radius 3 is 2.38 bits per heavy atom. The van der Waals surface area contributed by atoms with E-state index in [1.807, 2.05) is 6.92 Å². The average molecular weight is 321 g/mol. The molecule has 0 atom stereocenters. The summed E-state index contributed by atoms with van der Waals surface area (Å²) in [5, 5.41) is 16.5. The van der Waals surface area contributed by atoms with Crippen molar-refractivity contribution in [1.29, 1.82) is 0 Å². The molecule has 1 aromatic carbocycles. The van der Waals surface area contributed by atoms with Crippen molar-refractivity contribution in [2.75, 3.05) is 0 Å². The molecule has 24 heavy (non-hydrogen) atoms. The van der Waals surface area contributed by atoms with Gasteiger partial charge in [0.2, 0.25) is 0 Å². The van der Waals surface area contributed by atoms with Gasteiger partial charge < -0.3 is 8.83 Å². The molecule has 4 aromatic rings. The van der Waals surface area contributed by atoms with Crippen molar-refractivity contribution < 1.29 is 8.83 Å². The first kappa shape index (κ1) is 14.4. The SMILES string of the molecule is Cc1cc(C)cc(-n2nnc(-c3nnc(-c4ccco4)o3)c2C)c1. The predicted molar refractivity (Wildman–Crippen MR) is 86.6 cm³/mol. The Hall–Kier alpha value is -3.22. The fourth-order valence-corrected chi connectivity index (χ4v) is 2.66. The maximum Gasteiger partial charge on any atom is 0.283 e. The Labute approximate surface area is 137 Å². The van der Waals surface area contributed by atoms with E-state index in [0.29, 0.717) is 23.2 Å². The Morgan fingerprint density at radius 1 is 0.917 bits per heavy atom. The largest absolute Gasteiger partial charge is 0.459 e. The van der Waals surface area contributed by atoms with E-state index < -0.39 is 0 Å². The molecule has 0 saturated carbocycles. The number of furan rings is 1. The fourth-order valence-electron chi connectivity index (χ4n) is 2.66. The Kier molecular flexibility index (Phi) is 3.26. The van der Waals surface area contributed by atoms with Crippen LogP contribution in [0.25, 0.3) is 28.9 Å². The lowest BCUT2D eigenvalue weighted by atomic mass is 10.1. The van der Waals surface area contributed by atoms with Gasteiger partial charge in [-0.3, -0.25) is 0 Å². The zero-order valence-electron chi connectivity index (χ0n) is 13.5. The predicted octanol–water partition coefficient (Wildman–Crippen LogP) is 3.50. The molecule has 0 fully saturated rings. The van der Waals surface area contributed by atoms with Crippen molar-refractivity contribution in [1.82, 2.24) is 25.2 Å². The first-order valence-electron chi connectivity index (χ1n) is 7.50. The van der Waals surface area contributed by atoms with Crippen LogP contribution in [0, 0.1) is 20.8 Å². The summed E-state index contributed by atoms with van der Waals surface area (Å²) in [5.41, 5.74) is 4.67. The molecule has 0 spiro atoms. The maximum atomic E-state index is 5.66. The van der Waals surface area contributed by atoms with Crippen LogP contribution in [-0.4, -0.2) is 25.2 Å². The number of nitrogens with zero attached hydrogens (tertiary/aromatic N) is 5. The smallest absolute Gasteiger partial charge is 0.283 e. The maximum absolute atomic E-state index is 5.66. The number of aromatic nitrogens is 5. The standard InChI is InChI=1S/C17H15N5O2/c1-10-7-11(2)9-13(8-10)22-12(3)15(18-21-22)17-20-19-16(24-17)14-5-4-6-23-14/h4-9H,1-3H3. The van der Waals surface area contributed by atoms with Crippen molar-refractivity contribution in [3.63, 3.8) is 0 Å². The molecular formula is C17H15N5O2. The molecule has 7 heteroatoms. The van der Waals surface area contributed by atoms with Crippen LogP contribution < -0.4 is 0 Å². The summed E-state index contributed by atoms with van der Waals surface area (Å²) in [7, 11) is 0. The quantitative estimate of drug-likeness (QED) is 0.574. The molecule has 120 valence electrons. The fraction of sp³-hybridized carbons (Fsp3) is 0.176. The second kappa shape index (κ2) is 5.45. The van der Waals surface area contributed by atoms with Crippen molar-refractivity contribution in [2.45, 2.75) is 20.8 Å². The van der Waals surface area contributed by atoms with Crippen LogP contribution in [0.5, 0.6) is 0 Å². The van der Waals surface area contributed by atoms with Gasteiger partial charge in [-0.1, -0.05) is 11.3 Å². The lowest BCUT2D eigenvalue weighted by Gasteiger charge is -2.06. The van der Waals surface area contributed by atoms with Gasteiger partial charge in [0.25, 0.3) is 11.8 Å². The zero-order valence-corrected chi connectivity index (χ0v) is 13.5. The van der Waals surface area contributed by atoms with Crippen molar-refractivity contribution in [3.05, 3.63) is 53.4 Å². The van der Waals surface area contributed by atoms with E-state index in [4.69, 9.17) is 8.83 Å². The van der Waals surface area contributed by atoms with E-state index in [1.54, 1.807) is 23.1 Å². The summed E-state index contributed by atoms with van der Waals surface area (Å²) >= 11 is 0. The van der Waals surface area contributed by atoms with E-state index in [1.165, 1.54) is 11.1 Å². The minimum absolute atomic E-state index is 0.314. The van der Waals surface area contributed by atoms with Crippen molar-refractivity contribution in [3.8, 4) is 28.9 Å². The normalized spacial score (nSPS) is 11.1. The second-order valence-corrected chi connectivity index (χ2v) is 5.67.